The zero-order valence-electron chi connectivity index (χ0n) is 26.5. The predicted octanol–water partition coefficient (Wildman–Crippen LogP) is 7.34. The summed E-state index contributed by atoms with van der Waals surface area (Å²) in [7, 11) is 0. The maximum Gasteiger partial charge on any atom is 0.359 e. The summed E-state index contributed by atoms with van der Waals surface area (Å²) in [6.07, 6.45) is 0.282. The maximum atomic E-state index is 14.4. The molecule has 0 amide bonds. The van der Waals surface area contributed by atoms with E-state index < -0.39 is 35.1 Å². The summed E-state index contributed by atoms with van der Waals surface area (Å²) in [5.41, 5.74) is 1.27. The summed E-state index contributed by atoms with van der Waals surface area (Å²) < 4.78 is 53.5. The van der Waals surface area contributed by atoms with Gasteiger partial charge >= 0.3 is 11.9 Å². The van der Waals surface area contributed by atoms with Gasteiger partial charge in [0, 0.05) is 18.5 Å². The molecule has 0 radical (unpaired) electrons. The second-order valence-corrected chi connectivity index (χ2v) is 12.9. The Morgan fingerprint density at radius 3 is 2.36 bits per heavy atom. The third-order valence-electron chi connectivity index (χ3n) is 7.05. The first kappa shape index (κ1) is 33.3. The van der Waals surface area contributed by atoms with E-state index in [1.54, 1.807) is 13.8 Å². The van der Waals surface area contributed by atoms with E-state index >= 15 is 0 Å². The molecule has 44 heavy (non-hydrogen) atoms. The van der Waals surface area contributed by atoms with Gasteiger partial charge in [0.1, 0.15) is 18.0 Å². The molecule has 0 aliphatic carbocycles. The Labute approximate surface area is 257 Å². The molecule has 0 saturated carbocycles. The van der Waals surface area contributed by atoms with Crippen molar-refractivity contribution in [3.8, 4) is 11.4 Å². The van der Waals surface area contributed by atoms with Gasteiger partial charge in [-0.3, -0.25) is 4.79 Å². The molecule has 1 aliphatic heterocycles. The lowest BCUT2D eigenvalue weighted by Crippen LogP contribution is -2.46. The summed E-state index contributed by atoms with van der Waals surface area (Å²) in [5.74, 6) is -3.75. The number of carbonyl (C=O) groups excluding carboxylic acids is 2. The van der Waals surface area contributed by atoms with E-state index in [1.807, 2.05) is 69.5 Å². The minimum Gasteiger partial charge on any atom is -0.460 e. The standard InChI is InChI=1S/C34H42F2N2O6/c1-21(2)30-29(32(40)41-20-22-11-9-8-10-12-22)37-31(23-13-14-26(35)27(36)17-23)38(30)16-15-24-18-25(43-34(6,7)42-24)19-28(39)44-33(3,4)5/h8-14,17,21,24-25H,15-16,18-20H2,1-7H3/t24-,25-/m1/s1. The SMILES string of the molecule is CC(C)c1c(C(=O)OCc2ccccc2)nc(-c2ccc(F)c(F)c2)n1CC[C@@H]1C[C@H](CC(=O)OC(C)(C)C)OC(C)(C)O1. The summed E-state index contributed by atoms with van der Waals surface area (Å²) in [5, 5.41) is 0. The largest absolute Gasteiger partial charge is 0.460 e. The lowest BCUT2D eigenvalue weighted by atomic mass is 10.0. The van der Waals surface area contributed by atoms with Crippen molar-refractivity contribution in [1.82, 2.24) is 9.55 Å². The number of esters is 2. The number of nitrogens with zero attached hydrogens (tertiary/aromatic N) is 2. The Morgan fingerprint density at radius 2 is 1.73 bits per heavy atom. The zero-order chi connectivity index (χ0) is 32.2. The predicted molar refractivity (Wildman–Crippen MR) is 161 cm³/mol. The van der Waals surface area contributed by atoms with Crippen LogP contribution in [-0.4, -0.2) is 45.1 Å². The van der Waals surface area contributed by atoms with Gasteiger partial charge < -0.3 is 23.5 Å². The van der Waals surface area contributed by atoms with Crippen LogP contribution in [0.3, 0.4) is 0 Å². The van der Waals surface area contributed by atoms with E-state index in [9.17, 15) is 18.4 Å². The van der Waals surface area contributed by atoms with Gasteiger partial charge in [0.2, 0.25) is 0 Å². The zero-order valence-corrected chi connectivity index (χ0v) is 26.5. The lowest BCUT2D eigenvalue weighted by molar-refractivity contribution is -0.301. The molecule has 4 rings (SSSR count). The van der Waals surface area contributed by atoms with Gasteiger partial charge in [-0.25, -0.2) is 18.6 Å². The van der Waals surface area contributed by atoms with Crippen LogP contribution in [0.5, 0.6) is 0 Å². The number of benzene rings is 2. The van der Waals surface area contributed by atoms with E-state index in [4.69, 9.17) is 18.9 Å². The number of ether oxygens (including phenoxy) is 4. The molecular weight excluding hydrogens is 570 g/mol. The summed E-state index contributed by atoms with van der Waals surface area (Å²) in [6.45, 7) is 13.3. The minimum atomic E-state index is -1.02. The topological polar surface area (TPSA) is 88.9 Å². The van der Waals surface area contributed by atoms with Crippen LogP contribution in [0.4, 0.5) is 8.78 Å². The highest BCUT2D eigenvalue weighted by atomic mass is 19.2. The van der Waals surface area contributed by atoms with Crippen molar-refractivity contribution >= 4 is 11.9 Å². The molecule has 238 valence electrons. The van der Waals surface area contributed by atoms with Crippen LogP contribution in [0.15, 0.2) is 48.5 Å². The van der Waals surface area contributed by atoms with Crippen molar-refractivity contribution < 1.29 is 37.3 Å². The molecule has 1 fully saturated rings. The van der Waals surface area contributed by atoms with E-state index in [0.29, 0.717) is 36.5 Å². The number of hydrogen-bond acceptors (Lipinski definition) is 7. The number of rotatable bonds is 10. The molecule has 10 heteroatoms. The van der Waals surface area contributed by atoms with Crippen molar-refractivity contribution in [2.45, 2.75) is 110 Å². The molecule has 2 heterocycles. The van der Waals surface area contributed by atoms with Crippen molar-refractivity contribution in [3.63, 3.8) is 0 Å². The van der Waals surface area contributed by atoms with Gasteiger partial charge in [-0.05, 0) is 70.7 Å². The highest BCUT2D eigenvalue weighted by Crippen LogP contribution is 2.33. The third kappa shape index (κ3) is 8.72. The molecule has 0 N–H and O–H groups in total. The van der Waals surface area contributed by atoms with Gasteiger partial charge in [0.25, 0.3) is 0 Å². The summed E-state index contributed by atoms with van der Waals surface area (Å²) in [4.78, 5) is 30.6. The smallest absolute Gasteiger partial charge is 0.359 e. The van der Waals surface area contributed by atoms with Crippen LogP contribution in [0.2, 0.25) is 0 Å². The minimum absolute atomic E-state index is 0.0641. The molecular formula is C34H42F2N2O6. The average Bonchev–Trinajstić information content (AvgIpc) is 3.30. The third-order valence-corrected chi connectivity index (χ3v) is 7.05. The molecule has 2 aromatic carbocycles. The molecule has 1 saturated heterocycles. The first-order valence-corrected chi connectivity index (χ1v) is 15.0. The highest BCUT2D eigenvalue weighted by molar-refractivity contribution is 5.90. The van der Waals surface area contributed by atoms with Crippen LogP contribution in [0.25, 0.3) is 11.4 Å². The fourth-order valence-corrected chi connectivity index (χ4v) is 5.44. The summed E-state index contributed by atoms with van der Waals surface area (Å²) in [6, 6.07) is 12.8. The van der Waals surface area contributed by atoms with Crippen LogP contribution in [0, 0.1) is 11.6 Å². The highest BCUT2D eigenvalue weighted by Gasteiger charge is 2.37. The van der Waals surface area contributed by atoms with E-state index in [-0.39, 0.29) is 36.7 Å². The first-order valence-electron chi connectivity index (χ1n) is 15.0. The van der Waals surface area contributed by atoms with Gasteiger partial charge in [0.05, 0.1) is 24.3 Å². The van der Waals surface area contributed by atoms with Gasteiger partial charge in [0.15, 0.2) is 23.1 Å². The van der Waals surface area contributed by atoms with Crippen LogP contribution < -0.4 is 0 Å². The Morgan fingerprint density at radius 1 is 1.05 bits per heavy atom. The Kier molecular flexibility index (Phi) is 10.3. The van der Waals surface area contributed by atoms with Crippen molar-refractivity contribution in [2.24, 2.45) is 0 Å². The second-order valence-electron chi connectivity index (χ2n) is 12.9. The molecule has 2 atom stereocenters. The Balaban J connectivity index is 1.62. The molecule has 3 aromatic rings. The fourth-order valence-electron chi connectivity index (χ4n) is 5.44. The maximum absolute atomic E-state index is 14.4. The number of carbonyl (C=O) groups is 2. The van der Waals surface area contributed by atoms with E-state index in [0.717, 1.165) is 17.7 Å². The number of aromatic nitrogens is 2. The van der Waals surface area contributed by atoms with Crippen LogP contribution in [0.1, 0.15) is 95.4 Å². The Bertz CT molecular complexity index is 1460. The molecule has 8 nitrogen and oxygen atoms in total. The van der Waals surface area contributed by atoms with Crippen LogP contribution in [-0.2, 0) is 36.9 Å². The summed E-state index contributed by atoms with van der Waals surface area (Å²) >= 11 is 0. The van der Waals surface area contributed by atoms with Gasteiger partial charge in [-0.2, -0.15) is 0 Å². The molecule has 0 bridgehead atoms. The first-order chi connectivity index (χ1) is 20.6. The number of halogens is 2. The Hall–Kier alpha value is -3.63. The fraction of sp³-hybridized carbons (Fsp3) is 0.500. The van der Waals surface area contributed by atoms with E-state index in [1.165, 1.54) is 6.07 Å². The average molecular weight is 613 g/mol. The monoisotopic (exact) mass is 612 g/mol. The van der Waals surface area contributed by atoms with Crippen LogP contribution >= 0.6 is 0 Å². The number of hydrogen-bond donors (Lipinski definition) is 0. The van der Waals surface area contributed by atoms with E-state index in [2.05, 4.69) is 4.98 Å². The van der Waals surface area contributed by atoms with Gasteiger partial charge in [-0.15, -0.1) is 0 Å². The van der Waals surface area contributed by atoms with Crippen molar-refractivity contribution in [2.75, 3.05) is 0 Å². The molecule has 1 aliphatic rings. The second kappa shape index (κ2) is 13.6. The lowest BCUT2D eigenvalue weighted by Gasteiger charge is -2.41. The normalized spacial score (nSPS) is 18.3. The van der Waals surface area contributed by atoms with Crippen molar-refractivity contribution in [3.05, 3.63) is 77.1 Å². The number of imidazole rings is 1. The molecule has 1 aromatic heterocycles. The van der Waals surface area contributed by atoms with Gasteiger partial charge in [-0.1, -0.05) is 44.2 Å². The quantitative estimate of drug-likeness (QED) is 0.221. The molecule has 0 spiro atoms. The molecule has 0 unspecified atom stereocenters. The van der Waals surface area contributed by atoms with Crippen molar-refractivity contribution in [1.29, 1.82) is 0 Å².